The highest BCUT2D eigenvalue weighted by Crippen LogP contribution is 2.26. The van der Waals surface area contributed by atoms with E-state index in [1.54, 1.807) is 6.07 Å². The SMILES string of the molecule is N#CC1=CC=CC(F)([N+](=O)[O-])C1. The van der Waals surface area contributed by atoms with Crippen molar-refractivity contribution in [3.8, 4) is 6.07 Å². The van der Waals surface area contributed by atoms with Crippen LogP contribution in [0.25, 0.3) is 0 Å². The Morgan fingerprint density at radius 1 is 1.83 bits per heavy atom. The molecular formula is C7H5FN2O2. The molecule has 62 valence electrons. The molecular weight excluding hydrogens is 163 g/mol. The smallest absolute Gasteiger partial charge is 0.261 e. The van der Waals surface area contributed by atoms with Gasteiger partial charge in [0.15, 0.2) is 0 Å². The molecule has 0 aromatic heterocycles. The van der Waals surface area contributed by atoms with Crippen LogP contribution in [-0.4, -0.2) is 10.7 Å². The van der Waals surface area contributed by atoms with Crippen LogP contribution in [0.15, 0.2) is 23.8 Å². The minimum absolute atomic E-state index is 0.0803. The van der Waals surface area contributed by atoms with E-state index in [2.05, 4.69) is 0 Å². The van der Waals surface area contributed by atoms with E-state index in [-0.39, 0.29) is 5.57 Å². The highest BCUT2D eigenvalue weighted by molar-refractivity contribution is 5.32. The second kappa shape index (κ2) is 2.74. The average molecular weight is 168 g/mol. The van der Waals surface area contributed by atoms with Crippen LogP contribution in [0.1, 0.15) is 6.42 Å². The second-order valence-corrected chi connectivity index (χ2v) is 2.42. The minimum atomic E-state index is -2.60. The van der Waals surface area contributed by atoms with E-state index in [9.17, 15) is 14.5 Å². The molecule has 0 saturated heterocycles. The Labute approximate surface area is 67.8 Å². The van der Waals surface area contributed by atoms with Crippen molar-refractivity contribution in [2.75, 3.05) is 0 Å². The zero-order valence-electron chi connectivity index (χ0n) is 6.03. The normalized spacial score (nSPS) is 27.5. The Morgan fingerprint density at radius 3 is 3.00 bits per heavy atom. The summed E-state index contributed by atoms with van der Waals surface area (Å²) in [6.45, 7) is 0. The van der Waals surface area contributed by atoms with E-state index in [1.807, 2.05) is 0 Å². The van der Waals surface area contributed by atoms with Crippen molar-refractivity contribution in [1.82, 2.24) is 0 Å². The molecule has 0 aromatic carbocycles. The summed E-state index contributed by atoms with van der Waals surface area (Å²) in [5, 5.41) is 18.5. The molecule has 0 bridgehead atoms. The predicted octanol–water partition coefficient (Wildman–Crippen LogP) is 1.34. The molecule has 0 radical (unpaired) electrons. The van der Waals surface area contributed by atoms with Gasteiger partial charge in [-0.15, -0.1) is 0 Å². The van der Waals surface area contributed by atoms with Crippen LogP contribution in [0.3, 0.4) is 0 Å². The maximum atomic E-state index is 13.2. The lowest BCUT2D eigenvalue weighted by Crippen LogP contribution is -2.32. The van der Waals surface area contributed by atoms with E-state index in [4.69, 9.17) is 5.26 Å². The van der Waals surface area contributed by atoms with Gasteiger partial charge in [-0.2, -0.15) is 9.65 Å². The monoisotopic (exact) mass is 168 g/mol. The van der Waals surface area contributed by atoms with Crippen LogP contribution in [0.2, 0.25) is 0 Å². The summed E-state index contributed by atoms with van der Waals surface area (Å²) >= 11 is 0. The van der Waals surface area contributed by atoms with Gasteiger partial charge in [-0.05, 0) is 6.08 Å². The summed E-state index contributed by atoms with van der Waals surface area (Å²) < 4.78 is 13.2. The Morgan fingerprint density at radius 2 is 2.50 bits per heavy atom. The second-order valence-electron chi connectivity index (χ2n) is 2.42. The maximum Gasteiger partial charge on any atom is 0.383 e. The van der Waals surface area contributed by atoms with Gasteiger partial charge in [-0.3, -0.25) is 10.1 Å². The largest absolute Gasteiger partial charge is 0.383 e. The van der Waals surface area contributed by atoms with Crippen molar-refractivity contribution in [2.24, 2.45) is 0 Å². The predicted molar refractivity (Wildman–Crippen MR) is 38.3 cm³/mol. The quantitative estimate of drug-likeness (QED) is 0.337. The van der Waals surface area contributed by atoms with Crippen molar-refractivity contribution < 1.29 is 9.31 Å². The van der Waals surface area contributed by atoms with Crippen molar-refractivity contribution in [1.29, 1.82) is 5.26 Å². The number of nitro groups is 1. The van der Waals surface area contributed by atoms with Crippen LogP contribution in [0.4, 0.5) is 4.39 Å². The van der Waals surface area contributed by atoms with E-state index in [0.29, 0.717) is 0 Å². The molecule has 0 fully saturated rings. The van der Waals surface area contributed by atoms with Gasteiger partial charge < -0.3 is 0 Å². The van der Waals surface area contributed by atoms with Gasteiger partial charge in [-0.1, -0.05) is 6.08 Å². The van der Waals surface area contributed by atoms with Crippen molar-refractivity contribution in [3.63, 3.8) is 0 Å². The van der Waals surface area contributed by atoms with Gasteiger partial charge in [0.2, 0.25) is 0 Å². The Kier molecular flexibility index (Phi) is 1.92. The summed E-state index contributed by atoms with van der Waals surface area (Å²) in [4.78, 5) is 9.15. The number of nitrogens with zero attached hydrogens (tertiary/aromatic N) is 2. The molecule has 1 atom stereocenters. The van der Waals surface area contributed by atoms with Gasteiger partial charge in [0, 0.05) is 11.6 Å². The summed E-state index contributed by atoms with van der Waals surface area (Å²) in [5.74, 6) is -2.60. The summed E-state index contributed by atoms with van der Waals surface area (Å²) in [7, 11) is 0. The summed E-state index contributed by atoms with van der Waals surface area (Å²) in [6.07, 6.45) is 2.91. The highest BCUT2D eigenvalue weighted by Gasteiger charge is 2.42. The number of hydrogen-bond donors (Lipinski definition) is 0. The summed E-state index contributed by atoms with van der Waals surface area (Å²) in [6, 6.07) is 1.68. The van der Waals surface area contributed by atoms with Gasteiger partial charge >= 0.3 is 5.79 Å². The fourth-order valence-electron chi connectivity index (χ4n) is 0.899. The van der Waals surface area contributed by atoms with E-state index >= 15 is 0 Å². The molecule has 0 aromatic rings. The Bertz CT molecular complexity index is 316. The van der Waals surface area contributed by atoms with Gasteiger partial charge in [0.1, 0.15) is 0 Å². The lowest BCUT2D eigenvalue weighted by molar-refractivity contribution is -0.589. The van der Waals surface area contributed by atoms with Crippen molar-refractivity contribution in [2.45, 2.75) is 12.2 Å². The molecule has 0 spiro atoms. The number of alkyl halides is 1. The van der Waals surface area contributed by atoms with E-state index < -0.39 is 17.1 Å². The molecule has 0 saturated carbocycles. The molecule has 12 heavy (non-hydrogen) atoms. The molecule has 5 heteroatoms. The van der Waals surface area contributed by atoms with E-state index in [0.717, 1.165) is 6.08 Å². The molecule has 1 aliphatic rings. The lowest BCUT2D eigenvalue weighted by atomic mass is 10.0. The van der Waals surface area contributed by atoms with Crippen LogP contribution in [-0.2, 0) is 0 Å². The Balaban J connectivity index is 2.92. The molecule has 1 unspecified atom stereocenters. The van der Waals surface area contributed by atoms with Gasteiger partial charge in [0.25, 0.3) is 0 Å². The molecule has 0 aliphatic heterocycles. The van der Waals surface area contributed by atoms with Crippen LogP contribution in [0, 0.1) is 21.4 Å². The molecule has 4 nitrogen and oxygen atoms in total. The van der Waals surface area contributed by atoms with Crippen LogP contribution in [0.5, 0.6) is 0 Å². The third-order valence-corrected chi connectivity index (χ3v) is 1.53. The molecule has 1 rings (SSSR count). The first-order valence-electron chi connectivity index (χ1n) is 3.20. The third-order valence-electron chi connectivity index (χ3n) is 1.53. The fraction of sp³-hybridized carbons (Fsp3) is 0.286. The maximum absolute atomic E-state index is 13.2. The number of nitriles is 1. The van der Waals surface area contributed by atoms with Gasteiger partial charge in [0.05, 0.1) is 17.4 Å². The van der Waals surface area contributed by atoms with Crippen molar-refractivity contribution >= 4 is 0 Å². The summed E-state index contributed by atoms with van der Waals surface area (Å²) in [5.41, 5.74) is 0.0803. The molecule has 0 N–H and O–H groups in total. The lowest BCUT2D eigenvalue weighted by Gasteiger charge is -2.13. The highest BCUT2D eigenvalue weighted by atomic mass is 19.1. The Hall–Kier alpha value is -1.70. The zero-order chi connectivity index (χ0) is 9.19. The molecule has 0 amide bonds. The minimum Gasteiger partial charge on any atom is -0.261 e. The van der Waals surface area contributed by atoms with E-state index in [1.165, 1.54) is 12.2 Å². The number of halogens is 1. The first-order valence-corrected chi connectivity index (χ1v) is 3.20. The van der Waals surface area contributed by atoms with Crippen LogP contribution < -0.4 is 0 Å². The van der Waals surface area contributed by atoms with Crippen molar-refractivity contribution in [3.05, 3.63) is 33.9 Å². The number of allylic oxidation sites excluding steroid dienone is 2. The third kappa shape index (κ3) is 1.32. The standard InChI is InChI=1S/C7H5FN2O2/c8-7(10(11)12)3-1-2-6(4-7)5-9/h1-3H,4H2. The van der Waals surface area contributed by atoms with Crippen LogP contribution >= 0.6 is 0 Å². The number of rotatable bonds is 1. The fourth-order valence-corrected chi connectivity index (χ4v) is 0.899. The first kappa shape index (κ1) is 8.40. The topological polar surface area (TPSA) is 66.9 Å². The van der Waals surface area contributed by atoms with Gasteiger partial charge in [-0.25, -0.2) is 0 Å². The first-order chi connectivity index (χ1) is 5.58. The average Bonchev–Trinajstić information content (AvgIpc) is 2.04. The molecule has 0 heterocycles. The number of hydrogen-bond acceptors (Lipinski definition) is 3. The molecule has 1 aliphatic carbocycles. The zero-order valence-corrected chi connectivity index (χ0v) is 6.03.